The van der Waals surface area contributed by atoms with Gasteiger partial charge in [0.25, 0.3) is 0 Å². The smallest absolute Gasteiger partial charge is 0.322 e. The van der Waals surface area contributed by atoms with Crippen molar-refractivity contribution in [3.8, 4) is 0 Å². The monoisotopic (exact) mass is 344 g/mol. The van der Waals surface area contributed by atoms with Crippen LogP contribution < -0.4 is 0 Å². The molecule has 4 rings (SSSR count). The molecule has 0 aliphatic carbocycles. The van der Waals surface area contributed by atoms with Crippen LogP contribution in [0, 0.1) is 5.41 Å². The van der Waals surface area contributed by atoms with Crippen molar-refractivity contribution >= 4 is 17.6 Å². The third-order valence-electron chi connectivity index (χ3n) is 5.22. The van der Waals surface area contributed by atoms with Gasteiger partial charge in [-0.3, -0.25) is 4.90 Å². The summed E-state index contributed by atoms with van der Waals surface area (Å²) in [7, 11) is 0. The van der Waals surface area contributed by atoms with E-state index >= 15 is 0 Å². The van der Waals surface area contributed by atoms with E-state index in [-0.39, 0.29) is 11.4 Å². The third kappa shape index (κ3) is 3.06. The number of carbonyl (C=O) groups excluding carboxylic acids is 1. The molecule has 2 fully saturated rings. The first-order valence-corrected chi connectivity index (χ1v) is 8.77. The summed E-state index contributed by atoms with van der Waals surface area (Å²) in [6, 6.07) is 10.5. The van der Waals surface area contributed by atoms with Gasteiger partial charge in [0, 0.05) is 31.6 Å². The SMILES string of the molecule is O=C(N1CCC2(CCN(Cc3ccccc3)C2)C1)n1cc(Cl)cn1. The maximum absolute atomic E-state index is 12.5. The van der Waals surface area contributed by atoms with E-state index in [0.29, 0.717) is 5.02 Å². The minimum Gasteiger partial charge on any atom is -0.322 e. The van der Waals surface area contributed by atoms with Crippen molar-refractivity contribution in [1.29, 1.82) is 0 Å². The fraction of sp³-hybridized carbons (Fsp3) is 0.444. The molecule has 0 radical (unpaired) electrons. The Hall–Kier alpha value is -1.85. The van der Waals surface area contributed by atoms with Crippen molar-refractivity contribution in [2.24, 2.45) is 5.41 Å². The van der Waals surface area contributed by atoms with Crippen molar-refractivity contribution in [3.63, 3.8) is 0 Å². The highest BCUT2D eigenvalue weighted by molar-refractivity contribution is 6.30. The van der Waals surface area contributed by atoms with Crippen LogP contribution in [0.3, 0.4) is 0 Å². The van der Waals surface area contributed by atoms with Crippen LogP contribution in [0.4, 0.5) is 4.79 Å². The lowest BCUT2D eigenvalue weighted by Crippen LogP contribution is -2.36. The Labute approximate surface area is 146 Å². The molecule has 3 heterocycles. The molecule has 2 saturated heterocycles. The lowest BCUT2D eigenvalue weighted by molar-refractivity contribution is 0.196. The second-order valence-electron chi connectivity index (χ2n) is 7.00. The highest BCUT2D eigenvalue weighted by atomic mass is 35.5. The molecule has 1 aromatic carbocycles. The Kier molecular flexibility index (Phi) is 4.06. The van der Waals surface area contributed by atoms with Gasteiger partial charge in [-0.2, -0.15) is 9.78 Å². The van der Waals surface area contributed by atoms with Gasteiger partial charge < -0.3 is 4.90 Å². The van der Waals surface area contributed by atoms with Gasteiger partial charge in [0.2, 0.25) is 0 Å². The predicted octanol–water partition coefficient (Wildman–Crippen LogP) is 3.10. The molecule has 0 saturated carbocycles. The second kappa shape index (κ2) is 6.22. The number of amides is 1. The lowest BCUT2D eigenvalue weighted by Gasteiger charge is -2.24. The van der Waals surface area contributed by atoms with Gasteiger partial charge in [0.1, 0.15) is 0 Å². The van der Waals surface area contributed by atoms with Gasteiger partial charge in [0.05, 0.1) is 17.4 Å². The van der Waals surface area contributed by atoms with Crippen LogP contribution in [0.5, 0.6) is 0 Å². The number of hydrogen-bond donors (Lipinski definition) is 0. The first kappa shape index (κ1) is 15.7. The fourth-order valence-corrected chi connectivity index (χ4v) is 4.12. The summed E-state index contributed by atoms with van der Waals surface area (Å²) in [6.45, 7) is 4.77. The average molecular weight is 345 g/mol. The topological polar surface area (TPSA) is 41.4 Å². The Bertz CT molecular complexity index is 732. The molecule has 1 amide bonds. The van der Waals surface area contributed by atoms with Crippen LogP contribution >= 0.6 is 11.6 Å². The molecule has 0 bridgehead atoms. The van der Waals surface area contributed by atoms with Gasteiger partial charge in [-0.1, -0.05) is 41.9 Å². The number of rotatable bonds is 2. The molecule has 0 N–H and O–H groups in total. The molecule has 126 valence electrons. The van der Waals surface area contributed by atoms with E-state index < -0.39 is 0 Å². The van der Waals surface area contributed by atoms with E-state index in [1.165, 1.54) is 16.4 Å². The standard InChI is InChI=1S/C18H21ClN4O/c19-16-10-20-23(12-16)17(24)22-9-7-18(14-22)6-8-21(13-18)11-15-4-2-1-3-5-15/h1-5,10,12H,6-9,11,13-14H2. The molecule has 1 atom stereocenters. The zero-order valence-corrected chi connectivity index (χ0v) is 14.3. The summed E-state index contributed by atoms with van der Waals surface area (Å²) in [5.41, 5.74) is 1.59. The summed E-state index contributed by atoms with van der Waals surface area (Å²) < 4.78 is 1.35. The average Bonchev–Trinajstić information content (AvgIpc) is 3.30. The van der Waals surface area contributed by atoms with Crippen molar-refractivity contribution in [3.05, 3.63) is 53.3 Å². The minimum absolute atomic E-state index is 0.0692. The summed E-state index contributed by atoms with van der Waals surface area (Å²) in [5, 5.41) is 4.52. The molecule has 1 spiro atoms. The zero-order chi connectivity index (χ0) is 16.6. The molecule has 1 aromatic heterocycles. The number of aromatic nitrogens is 2. The van der Waals surface area contributed by atoms with Crippen LogP contribution in [-0.4, -0.2) is 51.8 Å². The van der Waals surface area contributed by atoms with Crippen molar-refractivity contribution in [1.82, 2.24) is 19.6 Å². The zero-order valence-electron chi connectivity index (χ0n) is 13.6. The number of halogens is 1. The highest BCUT2D eigenvalue weighted by Gasteiger charge is 2.44. The highest BCUT2D eigenvalue weighted by Crippen LogP contribution is 2.40. The Morgan fingerprint density at radius 1 is 1.17 bits per heavy atom. The molecule has 2 aromatic rings. The van der Waals surface area contributed by atoms with Gasteiger partial charge in [-0.05, 0) is 24.9 Å². The third-order valence-corrected chi connectivity index (χ3v) is 5.42. The number of likely N-dealkylation sites (tertiary alicyclic amines) is 2. The summed E-state index contributed by atoms with van der Waals surface area (Å²) in [4.78, 5) is 16.9. The van der Waals surface area contributed by atoms with E-state index in [0.717, 1.165) is 45.6 Å². The van der Waals surface area contributed by atoms with Gasteiger partial charge in [0.15, 0.2) is 0 Å². The van der Waals surface area contributed by atoms with Gasteiger partial charge >= 0.3 is 6.03 Å². The lowest BCUT2D eigenvalue weighted by atomic mass is 9.86. The van der Waals surface area contributed by atoms with E-state index in [4.69, 9.17) is 11.6 Å². The normalized spacial score (nSPS) is 24.1. The molecule has 24 heavy (non-hydrogen) atoms. The maximum atomic E-state index is 12.5. The van der Waals surface area contributed by atoms with E-state index in [2.05, 4.69) is 40.3 Å². The molecule has 5 nitrogen and oxygen atoms in total. The quantitative estimate of drug-likeness (QED) is 0.840. The van der Waals surface area contributed by atoms with Gasteiger partial charge in [-0.15, -0.1) is 0 Å². The first-order valence-electron chi connectivity index (χ1n) is 8.39. The van der Waals surface area contributed by atoms with Gasteiger partial charge in [-0.25, -0.2) is 4.79 Å². The Morgan fingerprint density at radius 2 is 1.96 bits per heavy atom. The summed E-state index contributed by atoms with van der Waals surface area (Å²) in [6.07, 6.45) is 5.30. The molecular weight excluding hydrogens is 324 g/mol. The minimum atomic E-state index is -0.0692. The van der Waals surface area contributed by atoms with Crippen molar-refractivity contribution in [2.75, 3.05) is 26.2 Å². The number of hydrogen-bond acceptors (Lipinski definition) is 3. The van der Waals surface area contributed by atoms with Crippen LogP contribution in [0.2, 0.25) is 5.02 Å². The van der Waals surface area contributed by atoms with E-state index in [1.54, 1.807) is 6.20 Å². The Balaban J connectivity index is 1.38. The van der Waals surface area contributed by atoms with Crippen LogP contribution in [0.25, 0.3) is 0 Å². The van der Waals surface area contributed by atoms with Crippen LogP contribution in [-0.2, 0) is 6.54 Å². The molecule has 1 unspecified atom stereocenters. The van der Waals surface area contributed by atoms with Crippen LogP contribution in [0.1, 0.15) is 18.4 Å². The van der Waals surface area contributed by atoms with Crippen molar-refractivity contribution < 1.29 is 4.79 Å². The number of benzene rings is 1. The molecular formula is C18H21ClN4O. The van der Waals surface area contributed by atoms with E-state index in [1.807, 2.05) is 4.90 Å². The van der Waals surface area contributed by atoms with Crippen LogP contribution in [0.15, 0.2) is 42.7 Å². The van der Waals surface area contributed by atoms with Crippen molar-refractivity contribution in [2.45, 2.75) is 19.4 Å². The first-order chi connectivity index (χ1) is 11.6. The second-order valence-corrected chi connectivity index (χ2v) is 7.44. The number of carbonyl (C=O) groups is 1. The largest absolute Gasteiger partial charge is 0.344 e. The summed E-state index contributed by atoms with van der Waals surface area (Å²) >= 11 is 5.87. The summed E-state index contributed by atoms with van der Waals surface area (Å²) in [5.74, 6) is 0. The predicted molar refractivity (Wildman–Crippen MR) is 93.0 cm³/mol. The molecule has 6 heteroatoms. The Morgan fingerprint density at radius 3 is 2.71 bits per heavy atom. The fourth-order valence-electron chi connectivity index (χ4n) is 3.99. The molecule has 2 aliphatic heterocycles. The number of nitrogens with zero attached hydrogens (tertiary/aromatic N) is 4. The maximum Gasteiger partial charge on any atom is 0.344 e. The molecule has 2 aliphatic rings. The van der Waals surface area contributed by atoms with E-state index in [9.17, 15) is 4.79 Å².